The predicted molar refractivity (Wildman–Crippen MR) is 69.7 cm³/mol. The Kier molecular flexibility index (Phi) is 4.55. The number of ether oxygens (including phenoxy) is 2. The van der Waals surface area contributed by atoms with Gasteiger partial charge in [-0.3, -0.25) is 4.79 Å². The van der Waals surface area contributed by atoms with E-state index in [1.807, 2.05) is 12.1 Å². The van der Waals surface area contributed by atoms with E-state index in [1.54, 1.807) is 34.1 Å². The van der Waals surface area contributed by atoms with E-state index in [1.165, 1.54) is 0 Å². The molecule has 0 aromatic heterocycles. The summed E-state index contributed by atoms with van der Waals surface area (Å²) in [6.45, 7) is 3.69. The van der Waals surface area contributed by atoms with Gasteiger partial charge in [-0.2, -0.15) is 0 Å². The maximum atomic E-state index is 11.7. The molecule has 0 bridgehead atoms. The van der Waals surface area contributed by atoms with Crippen molar-refractivity contribution in [2.45, 2.75) is 25.9 Å². The predicted octanol–water partition coefficient (Wildman–Crippen LogP) is 1.06. The van der Waals surface area contributed by atoms with E-state index in [9.17, 15) is 4.79 Å². The van der Waals surface area contributed by atoms with E-state index in [-0.39, 0.29) is 5.91 Å². The molecule has 18 heavy (non-hydrogen) atoms. The summed E-state index contributed by atoms with van der Waals surface area (Å²) in [5, 5.41) is 2.77. The van der Waals surface area contributed by atoms with Crippen LogP contribution >= 0.6 is 0 Å². The van der Waals surface area contributed by atoms with Gasteiger partial charge in [0.1, 0.15) is 11.5 Å². The molecule has 3 N–H and O–H groups in total. The van der Waals surface area contributed by atoms with E-state index in [0.717, 1.165) is 5.56 Å². The maximum absolute atomic E-state index is 11.7. The molecule has 1 aromatic carbocycles. The van der Waals surface area contributed by atoms with Crippen molar-refractivity contribution in [1.29, 1.82) is 0 Å². The molecule has 0 atom stereocenters. The molecule has 0 saturated carbocycles. The number of hydrogen-bond donors (Lipinski definition) is 2. The Morgan fingerprint density at radius 3 is 2.50 bits per heavy atom. The minimum Gasteiger partial charge on any atom is -0.497 e. The van der Waals surface area contributed by atoms with Gasteiger partial charge in [0.15, 0.2) is 0 Å². The van der Waals surface area contributed by atoms with Gasteiger partial charge in [-0.15, -0.1) is 0 Å². The Morgan fingerprint density at radius 2 is 2.00 bits per heavy atom. The molecule has 0 aliphatic rings. The number of rotatable bonds is 5. The fourth-order valence-corrected chi connectivity index (χ4v) is 1.40. The van der Waals surface area contributed by atoms with Crippen LogP contribution in [0.1, 0.15) is 19.4 Å². The largest absolute Gasteiger partial charge is 0.497 e. The van der Waals surface area contributed by atoms with Gasteiger partial charge in [0.2, 0.25) is 5.91 Å². The van der Waals surface area contributed by atoms with Crippen LogP contribution in [0.2, 0.25) is 0 Å². The Hall–Kier alpha value is -1.75. The van der Waals surface area contributed by atoms with Crippen LogP contribution in [0.3, 0.4) is 0 Å². The average molecular weight is 252 g/mol. The van der Waals surface area contributed by atoms with Crippen molar-refractivity contribution in [3.05, 3.63) is 23.8 Å². The third-order valence-electron chi connectivity index (χ3n) is 2.52. The van der Waals surface area contributed by atoms with Gasteiger partial charge in [-0.25, -0.2) is 0 Å². The van der Waals surface area contributed by atoms with Crippen LogP contribution in [0, 0.1) is 0 Å². The van der Waals surface area contributed by atoms with Gasteiger partial charge in [0.25, 0.3) is 0 Å². The molecule has 0 unspecified atom stereocenters. The lowest BCUT2D eigenvalue weighted by Gasteiger charge is -2.18. The molecule has 1 rings (SSSR count). The topological polar surface area (TPSA) is 73.6 Å². The normalized spacial score (nSPS) is 10.9. The second-order valence-corrected chi connectivity index (χ2v) is 4.58. The molecule has 0 heterocycles. The number of carbonyl (C=O) groups excluding carboxylic acids is 1. The number of hydrogen-bond acceptors (Lipinski definition) is 4. The van der Waals surface area contributed by atoms with Crippen LogP contribution in [0.25, 0.3) is 0 Å². The first-order chi connectivity index (χ1) is 8.38. The van der Waals surface area contributed by atoms with Gasteiger partial charge >= 0.3 is 0 Å². The minimum atomic E-state index is -0.889. The first kappa shape index (κ1) is 14.3. The van der Waals surface area contributed by atoms with Crippen LogP contribution in [0.15, 0.2) is 18.2 Å². The van der Waals surface area contributed by atoms with Crippen LogP contribution in [0.4, 0.5) is 0 Å². The zero-order valence-electron chi connectivity index (χ0n) is 11.2. The molecule has 0 spiro atoms. The zero-order chi connectivity index (χ0) is 13.8. The van der Waals surface area contributed by atoms with Crippen LogP contribution in [-0.4, -0.2) is 25.7 Å². The highest BCUT2D eigenvalue weighted by molar-refractivity contribution is 5.85. The fourth-order valence-electron chi connectivity index (χ4n) is 1.40. The average Bonchev–Trinajstić information content (AvgIpc) is 2.34. The fraction of sp³-hybridized carbons (Fsp3) is 0.462. The molecule has 0 aliphatic carbocycles. The minimum absolute atomic E-state index is 0.208. The number of amides is 1. The van der Waals surface area contributed by atoms with Crippen molar-refractivity contribution in [3.63, 3.8) is 0 Å². The van der Waals surface area contributed by atoms with Gasteiger partial charge in [0.05, 0.1) is 19.8 Å². The van der Waals surface area contributed by atoms with Gasteiger partial charge in [0, 0.05) is 18.2 Å². The zero-order valence-corrected chi connectivity index (χ0v) is 11.2. The number of benzene rings is 1. The van der Waals surface area contributed by atoms with Gasteiger partial charge in [-0.1, -0.05) is 0 Å². The summed E-state index contributed by atoms with van der Waals surface area (Å²) in [4.78, 5) is 11.7. The van der Waals surface area contributed by atoms with E-state index in [2.05, 4.69) is 5.32 Å². The second-order valence-electron chi connectivity index (χ2n) is 4.58. The van der Waals surface area contributed by atoms with Crippen molar-refractivity contribution < 1.29 is 14.3 Å². The van der Waals surface area contributed by atoms with Gasteiger partial charge < -0.3 is 20.5 Å². The third-order valence-corrected chi connectivity index (χ3v) is 2.52. The lowest BCUT2D eigenvalue weighted by molar-refractivity contribution is -0.125. The highest BCUT2D eigenvalue weighted by Gasteiger charge is 2.21. The van der Waals surface area contributed by atoms with Crippen LogP contribution < -0.4 is 20.5 Å². The first-order valence-corrected chi connectivity index (χ1v) is 5.66. The maximum Gasteiger partial charge on any atom is 0.239 e. The Balaban J connectivity index is 2.76. The summed E-state index contributed by atoms with van der Waals surface area (Å²) in [7, 11) is 3.17. The monoisotopic (exact) mass is 252 g/mol. The van der Waals surface area contributed by atoms with Crippen molar-refractivity contribution in [2.75, 3.05) is 14.2 Å². The SMILES string of the molecule is COc1ccc(CNC(=O)C(C)(C)N)c(OC)c1. The standard InChI is InChI=1S/C13H20N2O3/c1-13(2,14)12(16)15-8-9-5-6-10(17-3)7-11(9)18-4/h5-7H,8,14H2,1-4H3,(H,15,16). The lowest BCUT2D eigenvalue weighted by atomic mass is 10.1. The molecule has 5 heteroatoms. The van der Waals surface area contributed by atoms with Crippen molar-refractivity contribution in [2.24, 2.45) is 5.73 Å². The van der Waals surface area contributed by atoms with E-state index >= 15 is 0 Å². The summed E-state index contributed by atoms with van der Waals surface area (Å²) in [6.07, 6.45) is 0. The number of nitrogens with two attached hydrogens (primary N) is 1. The van der Waals surface area contributed by atoms with Crippen molar-refractivity contribution in [1.82, 2.24) is 5.32 Å². The molecule has 0 radical (unpaired) electrons. The van der Waals surface area contributed by atoms with Gasteiger partial charge in [-0.05, 0) is 26.0 Å². The van der Waals surface area contributed by atoms with E-state index in [4.69, 9.17) is 15.2 Å². The van der Waals surface area contributed by atoms with Crippen molar-refractivity contribution in [3.8, 4) is 11.5 Å². The summed E-state index contributed by atoms with van der Waals surface area (Å²) >= 11 is 0. The smallest absolute Gasteiger partial charge is 0.239 e. The first-order valence-electron chi connectivity index (χ1n) is 5.66. The van der Waals surface area contributed by atoms with Crippen LogP contribution in [0.5, 0.6) is 11.5 Å². The molecular formula is C13H20N2O3. The molecular weight excluding hydrogens is 232 g/mol. The summed E-state index contributed by atoms with van der Waals surface area (Å²) in [5.41, 5.74) is 5.68. The van der Waals surface area contributed by atoms with Crippen molar-refractivity contribution >= 4 is 5.91 Å². The molecule has 0 saturated heterocycles. The second kappa shape index (κ2) is 5.73. The third kappa shape index (κ3) is 3.63. The Labute approximate surface area is 107 Å². The van der Waals surface area contributed by atoms with E-state index < -0.39 is 5.54 Å². The number of methoxy groups -OCH3 is 2. The number of carbonyl (C=O) groups is 1. The molecule has 1 amide bonds. The summed E-state index contributed by atoms with van der Waals surface area (Å²) in [6, 6.07) is 5.44. The molecule has 0 fully saturated rings. The van der Waals surface area contributed by atoms with Crippen LogP contribution in [-0.2, 0) is 11.3 Å². The highest BCUT2D eigenvalue weighted by atomic mass is 16.5. The summed E-state index contributed by atoms with van der Waals surface area (Å²) < 4.78 is 10.3. The molecule has 5 nitrogen and oxygen atoms in total. The highest BCUT2D eigenvalue weighted by Crippen LogP contribution is 2.24. The molecule has 1 aromatic rings. The molecule has 100 valence electrons. The Bertz CT molecular complexity index is 425. The summed E-state index contributed by atoms with van der Waals surface area (Å²) in [5.74, 6) is 1.17. The van der Waals surface area contributed by atoms with E-state index in [0.29, 0.717) is 18.0 Å². The number of nitrogens with one attached hydrogen (secondary N) is 1. The Morgan fingerprint density at radius 1 is 1.33 bits per heavy atom. The quantitative estimate of drug-likeness (QED) is 0.821. The lowest BCUT2D eigenvalue weighted by Crippen LogP contribution is -2.48. The molecule has 0 aliphatic heterocycles.